The maximum Gasteiger partial charge on any atom is -0.0163 e. The van der Waals surface area contributed by atoms with Crippen LogP contribution in [0.15, 0.2) is 12.1 Å². The van der Waals surface area contributed by atoms with Crippen molar-refractivity contribution in [3.05, 3.63) is 23.3 Å². The SMILES string of the molecule is Cc1ccc(PC2CCCCC2)c(PC2CCCCC2)c1C. The van der Waals surface area contributed by atoms with Crippen LogP contribution in [0, 0.1) is 13.8 Å². The first kappa shape index (κ1) is 16.9. The van der Waals surface area contributed by atoms with Crippen LogP contribution in [0.4, 0.5) is 0 Å². The third-order valence-corrected chi connectivity index (χ3v) is 9.54. The van der Waals surface area contributed by atoms with E-state index in [9.17, 15) is 0 Å². The third-order valence-electron chi connectivity index (χ3n) is 5.65. The molecule has 2 heteroatoms. The van der Waals surface area contributed by atoms with Crippen molar-refractivity contribution in [2.75, 3.05) is 0 Å². The van der Waals surface area contributed by atoms with E-state index >= 15 is 0 Å². The molecule has 0 heterocycles. The number of hydrogen-bond donors (Lipinski definition) is 0. The van der Waals surface area contributed by atoms with Gasteiger partial charge in [0.05, 0.1) is 0 Å². The van der Waals surface area contributed by atoms with Crippen molar-refractivity contribution in [1.29, 1.82) is 0 Å². The number of aryl methyl sites for hydroxylation is 1. The first-order chi connectivity index (χ1) is 10.7. The molecular weight excluding hydrogens is 302 g/mol. The average Bonchev–Trinajstić information content (AvgIpc) is 2.56. The standard InChI is InChI=1S/C20H32P2/c1-15-13-14-19(21-17-9-5-3-6-10-17)20(16(15)2)22-18-11-7-4-8-12-18/h13-14,17-18,21-22H,3-12H2,1-2H3. The molecule has 0 spiro atoms. The zero-order chi connectivity index (χ0) is 15.4. The molecular formula is C20H32P2. The van der Waals surface area contributed by atoms with Gasteiger partial charge in [-0.05, 0) is 72.6 Å². The maximum atomic E-state index is 2.49. The van der Waals surface area contributed by atoms with Crippen molar-refractivity contribution >= 4 is 27.8 Å². The molecule has 2 aliphatic carbocycles. The second-order valence-electron chi connectivity index (χ2n) is 7.39. The van der Waals surface area contributed by atoms with Gasteiger partial charge < -0.3 is 0 Å². The molecule has 1 aromatic rings. The van der Waals surface area contributed by atoms with Crippen LogP contribution in [0.2, 0.25) is 0 Å². The third kappa shape index (κ3) is 4.33. The summed E-state index contributed by atoms with van der Waals surface area (Å²) in [5.41, 5.74) is 5.11. The fourth-order valence-electron chi connectivity index (χ4n) is 4.04. The van der Waals surface area contributed by atoms with Crippen molar-refractivity contribution in [3.63, 3.8) is 0 Å². The molecule has 22 heavy (non-hydrogen) atoms. The maximum absolute atomic E-state index is 2.49. The van der Waals surface area contributed by atoms with Gasteiger partial charge in [-0.1, -0.05) is 67.8 Å². The van der Waals surface area contributed by atoms with E-state index in [0.29, 0.717) is 0 Å². The second-order valence-corrected chi connectivity index (χ2v) is 10.6. The van der Waals surface area contributed by atoms with Gasteiger partial charge in [0.15, 0.2) is 0 Å². The van der Waals surface area contributed by atoms with Crippen LogP contribution in [-0.2, 0) is 0 Å². The van der Waals surface area contributed by atoms with E-state index < -0.39 is 0 Å². The molecule has 2 saturated carbocycles. The molecule has 0 radical (unpaired) electrons. The largest absolute Gasteiger partial charge is 0.0865 e. The summed E-state index contributed by atoms with van der Waals surface area (Å²) in [5, 5.41) is 3.51. The van der Waals surface area contributed by atoms with Gasteiger partial charge in [-0.25, -0.2) is 0 Å². The Labute approximate surface area is 140 Å². The monoisotopic (exact) mass is 334 g/mol. The molecule has 2 atom stereocenters. The lowest BCUT2D eigenvalue weighted by molar-refractivity contribution is 0.514. The summed E-state index contributed by atoms with van der Waals surface area (Å²) in [7, 11) is 2.15. The molecule has 2 fully saturated rings. The van der Waals surface area contributed by atoms with Gasteiger partial charge in [-0.2, -0.15) is 0 Å². The highest BCUT2D eigenvalue weighted by Crippen LogP contribution is 2.37. The summed E-state index contributed by atoms with van der Waals surface area (Å²) < 4.78 is 0. The Bertz CT molecular complexity index is 483. The van der Waals surface area contributed by atoms with E-state index in [0.717, 1.165) is 28.5 Å². The average molecular weight is 334 g/mol. The zero-order valence-electron chi connectivity index (χ0n) is 14.4. The van der Waals surface area contributed by atoms with Crippen molar-refractivity contribution in [3.8, 4) is 0 Å². The Hall–Kier alpha value is 0.0800. The molecule has 0 bridgehead atoms. The van der Waals surface area contributed by atoms with Crippen molar-refractivity contribution in [2.45, 2.75) is 89.4 Å². The van der Waals surface area contributed by atoms with E-state index in [1.54, 1.807) is 16.2 Å². The zero-order valence-corrected chi connectivity index (χ0v) is 16.4. The summed E-state index contributed by atoms with van der Waals surface area (Å²) in [4.78, 5) is 0. The summed E-state index contributed by atoms with van der Waals surface area (Å²) in [6, 6.07) is 4.87. The summed E-state index contributed by atoms with van der Waals surface area (Å²) in [5.74, 6) is 0. The van der Waals surface area contributed by atoms with Crippen LogP contribution >= 0.6 is 17.2 Å². The molecule has 0 aliphatic heterocycles. The van der Waals surface area contributed by atoms with E-state index in [2.05, 4.69) is 26.0 Å². The Kier molecular flexibility index (Phi) is 6.35. The topological polar surface area (TPSA) is 0 Å². The second kappa shape index (κ2) is 8.26. The van der Waals surface area contributed by atoms with Crippen molar-refractivity contribution < 1.29 is 0 Å². The molecule has 122 valence electrons. The minimum Gasteiger partial charge on any atom is -0.0865 e. The number of benzene rings is 1. The molecule has 2 aliphatic rings. The lowest BCUT2D eigenvalue weighted by atomic mass is 10.0. The fourth-order valence-corrected chi connectivity index (χ4v) is 7.88. The van der Waals surface area contributed by atoms with Crippen LogP contribution in [0.3, 0.4) is 0 Å². The summed E-state index contributed by atoms with van der Waals surface area (Å²) in [6.07, 6.45) is 14.8. The quantitative estimate of drug-likeness (QED) is 0.631. The van der Waals surface area contributed by atoms with Gasteiger partial charge in [0.2, 0.25) is 0 Å². The normalized spacial score (nSPS) is 22.3. The highest BCUT2D eigenvalue weighted by molar-refractivity contribution is 7.55. The molecule has 0 aromatic heterocycles. The van der Waals surface area contributed by atoms with E-state index in [1.807, 2.05) is 0 Å². The van der Waals surface area contributed by atoms with Gasteiger partial charge in [-0.15, -0.1) is 0 Å². The smallest absolute Gasteiger partial charge is 0.0163 e. The van der Waals surface area contributed by atoms with Crippen LogP contribution in [0.5, 0.6) is 0 Å². The van der Waals surface area contributed by atoms with Gasteiger partial charge in [0.25, 0.3) is 0 Å². The van der Waals surface area contributed by atoms with E-state index in [1.165, 1.54) is 69.8 Å². The minimum absolute atomic E-state index is 0.990. The van der Waals surface area contributed by atoms with Gasteiger partial charge in [-0.3, -0.25) is 0 Å². The lowest BCUT2D eigenvalue weighted by Crippen LogP contribution is -2.26. The molecule has 0 nitrogen and oxygen atoms in total. The minimum atomic E-state index is 0.990. The predicted molar refractivity (Wildman–Crippen MR) is 106 cm³/mol. The molecule has 1 aromatic carbocycles. The highest BCUT2D eigenvalue weighted by atomic mass is 31.1. The van der Waals surface area contributed by atoms with Crippen LogP contribution in [0.1, 0.15) is 75.3 Å². The molecule has 3 rings (SSSR count). The first-order valence-electron chi connectivity index (χ1n) is 9.37. The van der Waals surface area contributed by atoms with Crippen molar-refractivity contribution in [1.82, 2.24) is 0 Å². The molecule has 0 amide bonds. The van der Waals surface area contributed by atoms with Gasteiger partial charge >= 0.3 is 0 Å². The number of hydrogen-bond acceptors (Lipinski definition) is 0. The van der Waals surface area contributed by atoms with E-state index in [-0.39, 0.29) is 0 Å². The summed E-state index contributed by atoms with van der Waals surface area (Å²) >= 11 is 0. The number of rotatable bonds is 4. The van der Waals surface area contributed by atoms with Crippen LogP contribution in [-0.4, -0.2) is 11.3 Å². The predicted octanol–water partition coefficient (Wildman–Crippen LogP) is 5.58. The molecule has 0 saturated heterocycles. The Morgan fingerprint density at radius 3 is 1.86 bits per heavy atom. The molecule has 2 unspecified atom stereocenters. The van der Waals surface area contributed by atoms with Crippen LogP contribution < -0.4 is 10.6 Å². The Morgan fingerprint density at radius 2 is 1.27 bits per heavy atom. The Morgan fingerprint density at radius 1 is 0.727 bits per heavy atom. The lowest BCUT2D eigenvalue weighted by Gasteiger charge is -2.27. The van der Waals surface area contributed by atoms with Crippen LogP contribution in [0.25, 0.3) is 0 Å². The van der Waals surface area contributed by atoms with Gasteiger partial charge in [0, 0.05) is 0 Å². The fraction of sp³-hybridized carbons (Fsp3) is 0.700. The van der Waals surface area contributed by atoms with Crippen molar-refractivity contribution in [2.24, 2.45) is 0 Å². The van der Waals surface area contributed by atoms with Gasteiger partial charge in [0.1, 0.15) is 0 Å². The molecule has 0 N–H and O–H groups in total. The highest BCUT2D eigenvalue weighted by Gasteiger charge is 2.20. The van der Waals surface area contributed by atoms with E-state index in [4.69, 9.17) is 0 Å². The summed E-state index contributed by atoms with van der Waals surface area (Å²) in [6.45, 7) is 4.69. The first-order valence-corrected chi connectivity index (χ1v) is 11.5. The Balaban J connectivity index is 1.77.